The van der Waals surface area contributed by atoms with Crippen LogP contribution in [-0.2, 0) is 7.05 Å². The molecule has 0 amide bonds. The summed E-state index contributed by atoms with van der Waals surface area (Å²) < 4.78 is 18.6. The minimum atomic E-state index is -0.327. The maximum absolute atomic E-state index is 12.6. The Morgan fingerprint density at radius 2 is 2.00 bits per heavy atom. The second-order valence-corrected chi connectivity index (χ2v) is 2.86. The van der Waals surface area contributed by atoms with Crippen LogP contribution in [0.2, 0.25) is 0 Å². The fourth-order valence-electron chi connectivity index (χ4n) is 1.24. The highest BCUT2D eigenvalue weighted by atomic mass is 19.1. The average Bonchev–Trinajstić information content (AvgIpc) is 2.49. The van der Waals surface area contributed by atoms with E-state index in [0.717, 1.165) is 0 Å². The number of aromatic nitrogens is 2. The van der Waals surface area contributed by atoms with Crippen LogP contribution < -0.4 is 4.68 Å². The number of benzene rings is 1. The molecule has 0 unspecified atom stereocenters. The molecule has 0 aliphatic carbocycles. The van der Waals surface area contributed by atoms with Gasteiger partial charge in [0.05, 0.1) is 5.56 Å². The topological polar surface area (TPSA) is 50.1 Å². The molecule has 0 saturated carbocycles. The third-order valence-corrected chi connectivity index (χ3v) is 1.89. The summed E-state index contributed by atoms with van der Waals surface area (Å²) in [6.07, 6.45) is 0. The van der Waals surface area contributed by atoms with E-state index in [2.05, 4.69) is 9.79 Å². The summed E-state index contributed by atoms with van der Waals surface area (Å²) in [5.41, 5.74) is 1.07. The summed E-state index contributed by atoms with van der Waals surface area (Å²) in [6, 6.07) is 5.70. The van der Waals surface area contributed by atoms with Gasteiger partial charge in [-0.25, -0.2) is 4.39 Å². The second kappa shape index (κ2) is 3.10. The van der Waals surface area contributed by atoms with E-state index in [1.807, 2.05) is 0 Å². The number of hydrogen-bond acceptors (Lipinski definition) is 3. The van der Waals surface area contributed by atoms with E-state index in [4.69, 9.17) is 0 Å². The van der Waals surface area contributed by atoms with Gasteiger partial charge < -0.3 is 5.11 Å². The maximum atomic E-state index is 12.6. The first-order chi connectivity index (χ1) is 6.68. The predicted molar refractivity (Wildman–Crippen MR) is 44.7 cm³/mol. The van der Waals surface area contributed by atoms with E-state index >= 15 is 0 Å². The molecular weight excluding hydrogens is 187 g/mol. The van der Waals surface area contributed by atoms with Crippen molar-refractivity contribution in [1.29, 1.82) is 0 Å². The molecule has 0 atom stereocenters. The fraction of sp³-hybridized carbons (Fsp3) is 0.111. The van der Waals surface area contributed by atoms with Crippen LogP contribution in [0, 0.1) is 5.82 Å². The SMILES string of the molecule is C[n+]1noc(O)c1-c1ccc(F)cc1. The standard InChI is InChI=1S/C9H7FN2O2/c1-12-8(9(13)14-11-12)6-2-4-7(10)5-3-6/h2-5H,1H3/p+1. The summed E-state index contributed by atoms with van der Waals surface area (Å²) in [5, 5.41) is 12.8. The van der Waals surface area contributed by atoms with Crippen LogP contribution in [0.3, 0.4) is 0 Å². The number of aryl methyl sites for hydroxylation is 1. The Kier molecular flexibility index (Phi) is 1.92. The van der Waals surface area contributed by atoms with E-state index in [0.29, 0.717) is 11.3 Å². The maximum Gasteiger partial charge on any atom is 0.389 e. The van der Waals surface area contributed by atoms with Crippen LogP contribution >= 0.6 is 0 Å². The molecule has 5 heteroatoms. The molecule has 4 nitrogen and oxygen atoms in total. The molecule has 1 aromatic heterocycles. The van der Waals surface area contributed by atoms with Crippen molar-refractivity contribution in [2.75, 3.05) is 0 Å². The molecule has 1 N–H and O–H groups in total. The van der Waals surface area contributed by atoms with Gasteiger partial charge in [-0.1, -0.05) is 0 Å². The Morgan fingerprint density at radius 1 is 1.36 bits per heavy atom. The molecule has 14 heavy (non-hydrogen) atoms. The van der Waals surface area contributed by atoms with Crippen LogP contribution in [0.4, 0.5) is 4.39 Å². The number of hydrogen-bond donors (Lipinski definition) is 1. The van der Waals surface area contributed by atoms with Crippen molar-refractivity contribution in [2.45, 2.75) is 0 Å². The normalized spacial score (nSPS) is 10.4. The highest BCUT2D eigenvalue weighted by Crippen LogP contribution is 2.24. The Bertz CT molecular complexity index is 431. The molecule has 2 rings (SSSR count). The van der Waals surface area contributed by atoms with Gasteiger partial charge in [0.15, 0.2) is 7.05 Å². The summed E-state index contributed by atoms with van der Waals surface area (Å²) in [4.78, 5) is 0. The summed E-state index contributed by atoms with van der Waals surface area (Å²) in [7, 11) is 1.63. The zero-order valence-corrected chi connectivity index (χ0v) is 7.44. The van der Waals surface area contributed by atoms with E-state index < -0.39 is 0 Å². The molecule has 0 fully saturated rings. The quantitative estimate of drug-likeness (QED) is 0.691. The summed E-state index contributed by atoms with van der Waals surface area (Å²) in [5.74, 6) is -0.605. The largest absolute Gasteiger partial charge is 0.474 e. The molecule has 1 heterocycles. The lowest BCUT2D eigenvalue weighted by molar-refractivity contribution is -0.730. The van der Waals surface area contributed by atoms with Gasteiger partial charge in [-0.3, -0.25) is 4.52 Å². The van der Waals surface area contributed by atoms with Crippen molar-refractivity contribution < 1.29 is 18.7 Å². The first-order valence-corrected chi connectivity index (χ1v) is 3.99. The highest BCUT2D eigenvalue weighted by Gasteiger charge is 2.22. The van der Waals surface area contributed by atoms with E-state index in [1.54, 1.807) is 19.2 Å². The van der Waals surface area contributed by atoms with Crippen LogP contribution in [0.15, 0.2) is 28.8 Å². The van der Waals surface area contributed by atoms with Gasteiger partial charge in [0.1, 0.15) is 5.82 Å². The van der Waals surface area contributed by atoms with Crippen molar-refractivity contribution >= 4 is 0 Å². The van der Waals surface area contributed by atoms with Crippen LogP contribution in [0.5, 0.6) is 5.95 Å². The molecule has 2 aromatic rings. The zero-order valence-electron chi connectivity index (χ0n) is 7.44. The number of halogens is 1. The van der Waals surface area contributed by atoms with E-state index in [-0.39, 0.29) is 11.8 Å². The Labute approximate surface area is 79.2 Å². The molecule has 0 radical (unpaired) electrons. The van der Waals surface area contributed by atoms with Crippen LogP contribution in [0.1, 0.15) is 0 Å². The molecular formula is C9H8FN2O2+. The lowest BCUT2D eigenvalue weighted by Crippen LogP contribution is -2.31. The zero-order chi connectivity index (χ0) is 10.1. The van der Waals surface area contributed by atoms with Gasteiger partial charge in [0.25, 0.3) is 0 Å². The van der Waals surface area contributed by atoms with Crippen molar-refractivity contribution in [1.82, 2.24) is 5.27 Å². The van der Waals surface area contributed by atoms with Crippen molar-refractivity contribution in [3.63, 3.8) is 0 Å². The molecule has 0 aliphatic rings. The summed E-state index contributed by atoms with van der Waals surface area (Å²) in [6.45, 7) is 0. The van der Waals surface area contributed by atoms with Crippen LogP contribution in [-0.4, -0.2) is 10.4 Å². The van der Waals surface area contributed by atoms with E-state index in [9.17, 15) is 9.50 Å². The molecule has 72 valence electrons. The van der Waals surface area contributed by atoms with Crippen molar-refractivity contribution in [2.24, 2.45) is 7.05 Å². The van der Waals surface area contributed by atoms with Gasteiger partial charge >= 0.3 is 11.6 Å². The minimum Gasteiger partial charge on any atom is -0.474 e. The average molecular weight is 195 g/mol. The van der Waals surface area contributed by atoms with E-state index in [1.165, 1.54) is 16.8 Å². The Hall–Kier alpha value is -1.91. The van der Waals surface area contributed by atoms with Gasteiger partial charge in [0.2, 0.25) is 5.27 Å². The van der Waals surface area contributed by atoms with Crippen LogP contribution in [0.25, 0.3) is 11.3 Å². The Morgan fingerprint density at radius 3 is 2.50 bits per heavy atom. The molecule has 1 aromatic carbocycles. The van der Waals surface area contributed by atoms with Gasteiger partial charge in [-0.15, -0.1) is 0 Å². The summed E-state index contributed by atoms with van der Waals surface area (Å²) >= 11 is 0. The Balaban J connectivity index is 2.54. The van der Waals surface area contributed by atoms with Gasteiger partial charge in [-0.2, -0.15) is 0 Å². The monoisotopic (exact) mass is 195 g/mol. The number of rotatable bonds is 1. The minimum absolute atomic E-state index is 0.279. The molecule has 0 saturated heterocycles. The highest BCUT2D eigenvalue weighted by molar-refractivity contribution is 5.59. The first-order valence-electron chi connectivity index (χ1n) is 3.99. The van der Waals surface area contributed by atoms with Crippen molar-refractivity contribution in [3.05, 3.63) is 30.1 Å². The fourth-order valence-corrected chi connectivity index (χ4v) is 1.24. The van der Waals surface area contributed by atoms with Gasteiger partial charge in [-0.05, 0) is 28.9 Å². The van der Waals surface area contributed by atoms with Gasteiger partial charge in [0, 0.05) is 0 Å². The number of nitrogens with zero attached hydrogens (tertiary/aromatic N) is 2. The smallest absolute Gasteiger partial charge is 0.389 e. The molecule has 0 spiro atoms. The second-order valence-electron chi connectivity index (χ2n) is 2.86. The predicted octanol–water partition coefficient (Wildman–Crippen LogP) is 1.01. The molecule has 0 bridgehead atoms. The molecule has 0 aliphatic heterocycles. The third kappa shape index (κ3) is 1.32. The third-order valence-electron chi connectivity index (χ3n) is 1.89. The van der Waals surface area contributed by atoms with Crippen molar-refractivity contribution in [3.8, 4) is 17.2 Å². The lowest BCUT2D eigenvalue weighted by atomic mass is 10.1. The first kappa shape index (κ1) is 8.68. The lowest BCUT2D eigenvalue weighted by Gasteiger charge is -1.92. The number of aromatic hydroxyl groups is 1.